The Morgan fingerprint density at radius 1 is 1.29 bits per heavy atom. The number of rotatable bonds is 8. The van der Waals surface area contributed by atoms with E-state index in [0.29, 0.717) is 18.3 Å². The molecule has 1 aliphatic carbocycles. The van der Waals surface area contributed by atoms with Crippen molar-refractivity contribution in [3.63, 3.8) is 0 Å². The van der Waals surface area contributed by atoms with E-state index in [9.17, 15) is 4.79 Å². The molecular formula is C23H34O4Si. The minimum Gasteiger partial charge on any atom is -0.489 e. The standard InChI is InChI=1S/C23H34O4Si/c1-8-25-22(24)23(3,4)27-20-14-13-19(16-17(20)2)26-21(18-11-12-18)10-9-15-28(5,6)7/h13-14,16,18,21H,8,10-12H2,1-7H3. The van der Waals surface area contributed by atoms with E-state index in [-0.39, 0.29) is 12.1 Å². The number of esters is 1. The summed E-state index contributed by atoms with van der Waals surface area (Å²) in [5.74, 6) is 5.08. The van der Waals surface area contributed by atoms with Crippen molar-refractivity contribution in [2.75, 3.05) is 6.61 Å². The summed E-state index contributed by atoms with van der Waals surface area (Å²) in [5.41, 5.74) is 3.33. The summed E-state index contributed by atoms with van der Waals surface area (Å²) in [6.45, 7) is 14.3. The van der Waals surface area contributed by atoms with Gasteiger partial charge < -0.3 is 14.2 Å². The van der Waals surface area contributed by atoms with Gasteiger partial charge in [-0.2, -0.15) is 0 Å². The number of aryl methyl sites for hydroxylation is 1. The van der Waals surface area contributed by atoms with Crippen molar-refractivity contribution < 1.29 is 19.0 Å². The van der Waals surface area contributed by atoms with Crippen LogP contribution in [0.3, 0.4) is 0 Å². The maximum absolute atomic E-state index is 12.1. The monoisotopic (exact) mass is 402 g/mol. The molecule has 1 saturated carbocycles. The predicted molar refractivity (Wildman–Crippen MR) is 115 cm³/mol. The molecule has 0 heterocycles. The number of hydrogen-bond acceptors (Lipinski definition) is 4. The summed E-state index contributed by atoms with van der Waals surface area (Å²) in [6, 6.07) is 5.74. The van der Waals surface area contributed by atoms with E-state index in [2.05, 4.69) is 31.1 Å². The van der Waals surface area contributed by atoms with Crippen LogP contribution in [-0.4, -0.2) is 32.4 Å². The average Bonchev–Trinajstić information content (AvgIpc) is 3.40. The van der Waals surface area contributed by atoms with Crippen LogP contribution >= 0.6 is 0 Å². The molecule has 1 atom stereocenters. The molecule has 0 aliphatic heterocycles. The van der Waals surface area contributed by atoms with Gasteiger partial charge in [0.2, 0.25) is 0 Å². The first kappa shape index (κ1) is 22.4. The number of benzene rings is 1. The summed E-state index contributed by atoms with van der Waals surface area (Å²) in [4.78, 5) is 12.1. The first-order valence-corrected chi connectivity index (χ1v) is 13.7. The van der Waals surface area contributed by atoms with Crippen molar-refractivity contribution in [1.29, 1.82) is 0 Å². The molecule has 4 nitrogen and oxygen atoms in total. The maximum Gasteiger partial charge on any atom is 0.349 e. The van der Waals surface area contributed by atoms with Gasteiger partial charge in [-0.15, -0.1) is 11.5 Å². The molecule has 1 unspecified atom stereocenters. The Labute approximate surface area is 171 Å². The summed E-state index contributed by atoms with van der Waals surface area (Å²) in [5, 5.41) is 0. The molecule has 28 heavy (non-hydrogen) atoms. The van der Waals surface area contributed by atoms with Crippen molar-refractivity contribution in [3.8, 4) is 23.0 Å². The number of carbonyl (C=O) groups is 1. The summed E-state index contributed by atoms with van der Waals surface area (Å²) in [7, 11) is -1.36. The Balaban J connectivity index is 2.06. The van der Waals surface area contributed by atoms with Crippen LogP contribution in [0.15, 0.2) is 18.2 Å². The minimum atomic E-state index is -1.36. The van der Waals surface area contributed by atoms with E-state index < -0.39 is 13.7 Å². The Hall–Kier alpha value is -1.93. The van der Waals surface area contributed by atoms with Crippen LogP contribution < -0.4 is 9.47 Å². The fourth-order valence-electron chi connectivity index (χ4n) is 2.80. The van der Waals surface area contributed by atoms with E-state index in [1.54, 1.807) is 20.8 Å². The van der Waals surface area contributed by atoms with Crippen LogP contribution in [0.25, 0.3) is 0 Å². The van der Waals surface area contributed by atoms with E-state index in [4.69, 9.17) is 14.2 Å². The molecule has 0 bridgehead atoms. The highest BCUT2D eigenvalue weighted by molar-refractivity contribution is 6.83. The highest BCUT2D eigenvalue weighted by Gasteiger charge is 2.33. The highest BCUT2D eigenvalue weighted by Crippen LogP contribution is 2.37. The Bertz CT molecular complexity index is 748. The molecule has 1 fully saturated rings. The molecule has 0 N–H and O–H groups in total. The third-order valence-corrected chi connectivity index (χ3v) is 5.41. The molecule has 0 amide bonds. The zero-order valence-electron chi connectivity index (χ0n) is 18.3. The quantitative estimate of drug-likeness (QED) is 0.343. The van der Waals surface area contributed by atoms with Crippen LogP contribution in [0.4, 0.5) is 0 Å². The lowest BCUT2D eigenvalue weighted by atomic mass is 10.1. The van der Waals surface area contributed by atoms with Crippen molar-refractivity contribution in [3.05, 3.63) is 23.8 Å². The Morgan fingerprint density at radius 2 is 1.96 bits per heavy atom. The molecule has 0 aromatic heterocycles. The van der Waals surface area contributed by atoms with Gasteiger partial charge in [0.25, 0.3) is 0 Å². The molecule has 5 heteroatoms. The molecule has 2 rings (SSSR count). The lowest BCUT2D eigenvalue weighted by molar-refractivity contribution is -0.158. The third kappa shape index (κ3) is 6.90. The first-order chi connectivity index (χ1) is 13.0. The first-order valence-electron chi connectivity index (χ1n) is 10.2. The summed E-state index contributed by atoms with van der Waals surface area (Å²) >= 11 is 0. The van der Waals surface area contributed by atoms with Crippen molar-refractivity contribution >= 4 is 14.0 Å². The van der Waals surface area contributed by atoms with Crippen molar-refractivity contribution in [2.24, 2.45) is 5.92 Å². The lowest BCUT2D eigenvalue weighted by Crippen LogP contribution is -2.39. The molecule has 0 saturated heterocycles. The molecule has 154 valence electrons. The van der Waals surface area contributed by atoms with Crippen LogP contribution in [-0.2, 0) is 9.53 Å². The van der Waals surface area contributed by atoms with Gasteiger partial charge >= 0.3 is 5.97 Å². The predicted octanol–water partition coefficient (Wildman–Crippen LogP) is 5.14. The number of carbonyl (C=O) groups excluding carboxylic acids is 1. The topological polar surface area (TPSA) is 44.8 Å². The second kappa shape index (κ2) is 9.04. The zero-order chi connectivity index (χ0) is 20.9. The lowest BCUT2D eigenvalue weighted by Gasteiger charge is -2.25. The number of hydrogen-bond donors (Lipinski definition) is 0. The third-order valence-electron chi connectivity index (χ3n) is 4.48. The maximum atomic E-state index is 12.1. The van der Waals surface area contributed by atoms with E-state index in [1.807, 2.05) is 25.1 Å². The molecule has 1 aromatic carbocycles. The van der Waals surface area contributed by atoms with Crippen molar-refractivity contribution in [1.82, 2.24) is 0 Å². The zero-order valence-corrected chi connectivity index (χ0v) is 19.3. The van der Waals surface area contributed by atoms with Crippen LogP contribution in [0.5, 0.6) is 11.5 Å². The van der Waals surface area contributed by atoms with Gasteiger partial charge in [0.1, 0.15) is 25.7 Å². The van der Waals surface area contributed by atoms with Gasteiger partial charge in [-0.05, 0) is 70.2 Å². The second-order valence-electron chi connectivity index (χ2n) is 9.01. The van der Waals surface area contributed by atoms with E-state index in [1.165, 1.54) is 12.8 Å². The molecule has 0 spiro atoms. The van der Waals surface area contributed by atoms with E-state index in [0.717, 1.165) is 17.7 Å². The van der Waals surface area contributed by atoms with Crippen LogP contribution in [0.1, 0.15) is 45.6 Å². The normalized spacial score (nSPS) is 15.2. The van der Waals surface area contributed by atoms with Crippen LogP contribution in [0, 0.1) is 24.3 Å². The molecular weight excluding hydrogens is 368 g/mol. The van der Waals surface area contributed by atoms with Gasteiger partial charge in [-0.1, -0.05) is 19.6 Å². The van der Waals surface area contributed by atoms with Crippen LogP contribution in [0.2, 0.25) is 19.6 Å². The molecule has 1 aromatic rings. The summed E-state index contributed by atoms with van der Waals surface area (Å²) < 4.78 is 17.3. The molecule has 0 radical (unpaired) electrons. The van der Waals surface area contributed by atoms with Gasteiger partial charge in [0.05, 0.1) is 6.61 Å². The van der Waals surface area contributed by atoms with Gasteiger partial charge in [0.15, 0.2) is 5.60 Å². The van der Waals surface area contributed by atoms with Crippen molar-refractivity contribution in [2.45, 2.75) is 78.3 Å². The average molecular weight is 403 g/mol. The number of ether oxygens (including phenoxy) is 3. The van der Waals surface area contributed by atoms with E-state index >= 15 is 0 Å². The largest absolute Gasteiger partial charge is 0.489 e. The van der Waals surface area contributed by atoms with Gasteiger partial charge in [-0.25, -0.2) is 4.79 Å². The Morgan fingerprint density at radius 3 is 2.50 bits per heavy atom. The minimum absolute atomic E-state index is 0.144. The summed E-state index contributed by atoms with van der Waals surface area (Å²) in [6.07, 6.45) is 3.36. The molecule has 1 aliphatic rings. The van der Waals surface area contributed by atoms with Gasteiger partial charge in [0, 0.05) is 6.42 Å². The smallest absolute Gasteiger partial charge is 0.349 e. The van der Waals surface area contributed by atoms with Gasteiger partial charge in [-0.3, -0.25) is 0 Å². The fraction of sp³-hybridized carbons (Fsp3) is 0.609. The fourth-order valence-corrected chi connectivity index (χ4v) is 3.43. The Kier molecular flexibility index (Phi) is 7.22. The SMILES string of the molecule is CCOC(=O)C(C)(C)Oc1ccc(OC(CC#C[Si](C)(C)C)C2CC2)cc1C. The second-order valence-corrected chi connectivity index (χ2v) is 13.8. The highest BCUT2D eigenvalue weighted by atomic mass is 28.3.